The smallest absolute Gasteiger partial charge is 0.412 e. The first-order valence-electron chi connectivity index (χ1n) is 11.1. The standard InChI is InChI=1S/C23H30N4O3/c1-14(2)25-12-18(13-25)30-22-19(16-10-24-26(11-16)17-5-6-17)8-9-21-20(22)7-4-15(3)27(21)23(28)29/h8-11,14-15,17-18H,4-7,12-13H2,1-3H3,(H,28,29). The fourth-order valence-electron chi connectivity index (χ4n) is 4.61. The number of likely N-dealkylation sites (tertiary alicyclic amines) is 1. The van der Waals surface area contributed by atoms with Gasteiger partial charge in [-0.2, -0.15) is 5.10 Å². The summed E-state index contributed by atoms with van der Waals surface area (Å²) >= 11 is 0. The number of rotatable bonds is 5. The van der Waals surface area contributed by atoms with Gasteiger partial charge in [0.2, 0.25) is 0 Å². The van der Waals surface area contributed by atoms with Gasteiger partial charge < -0.3 is 9.84 Å². The van der Waals surface area contributed by atoms with Gasteiger partial charge in [0.1, 0.15) is 11.9 Å². The first-order chi connectivity index (χ1) is 14.4. The van der Waals surface area contributed by atoms with Crippen LogP contribution in [0.4, 0.5) is 10.5 Å². The Balaban J connectivity index is 1.53. The number of amides is 1. The molecule has 30 heavy (non-hydrogen) atoms. The van der Waals surface area contributed by atoms with E-state index in [1.807, 2.05) is 29.9 Å². The minimum atomic E-state index is -0.904. The lowest BCUT2D eigenvalue weighted by molar-refractivity contribution is -0.0000542. The molecule has 1 aromatic carbocycles. The van der Waals surface area contributed by atoms with Crippen molar-refractivity contribution in [2.75, 3.05) is 18.0 Å². The molecule has 1 N–H and O–H groups in total. The van der Waals surface area contributed by atoms with E-state index in [0.29, 0.717) is 12.1 Å². The fraction of sp³-hybridized carbons (Fsp3) is 0.565. The summed E-state index contributed by atoms with van der Waals surface area (Å²) in [5.74, 6) is 0.842. The predicted molar refractivity (Wildman–Crippen MR) is 115 cm³/mol. The number of fused-ring (bicyclic) bond motifs is 1. The van der Waals surface area contributed by atoms with Crippen LogP contribution in [0.3, 0.4) is 0 Å². The van der Waals surface area contributed by atoms with Crippen LogP contribution in [0.25, 0.3) is 11.1 Å². The summed E-state index contributed by atoms with van der Waals surface area (Å²) in [6.07, 6.45) is 7.24. The molecule has 0 radical (unpaired) electrons. The number of anilines is 1. The van der Waals surface area contributed by atoms with Crippen LogP contribution < -0.4 is 9.64 Å². The van der Waals surface area contributed by atoms with Gasteiger partial charge in [-0.25, -0.2) is 4.79 Å². The summed E-state index contributed by atoms with van der Waals surface area (Å²) in [5.41, 5.74) is 3.83. The van der Waals surface area contributed by atoms with E-state index < -0.39 is 6.09 Å². The maximum Gasteiger partial charge on any atom is 0.412 e. The Morgan fingerprint density at radius 3 is 2.67 bits per heavy atom. The number of ether oxygens (including phenoxy) is 1. The molecule has 1 aliphatic carbocycles. The van der Waals surface area contributed by atoms with Crippen LogP contribution in [0.15, 0.2) is 24.5 Å². The molecule has 2 fully saturated rings. The molecule has 0 bridgehead atoms. The first-order valence-corrected chi connectivity index (χ1v) is 11.1. The molecule has 1 saturated heterocycles. The molecule has 1 aromatic heterocycles. The fourth-order valence-corrected chi connectivity index (χ4v) is 4.61. The maximum atomic E-state index is 12.0. The minimum Gasteiger partial charge on any atom is -0.487 e. The molecule has 1 amide bonds. The summed E-state index contributed by atoms with van der Waals surface area (Å²) in [6.45, 7) is 8.18. The van der Waals surface area contributed by atoms with Crippen molar-refractivity contribution >= 4 is 11.8 Å². The van der Waals surface area contributed by atoms with E-state index in [0.717, 1.165) is 54.1 Å². The van der Waals surface area contributed by atoms with E-state index in [1.165, 1.54) is 17.7 Å². The van der Waals surface area contributed by atoms with Gasteiger partial charge in [0.15, 0.2) is 0 Å². The molecule has 1 unspecified atom stereocenters. The molecule has 7 nitrogen and oxygen atoms in total. The molecule has 3 heterocycles. The number of hydrogen-bond acceptors (Lipinski definition) is 4. The number of hydrogen-bond donors (Lipinski definition) is 1. The van der Waals surface area contributed by atoms with Crippen molar-refractivity contribution in [2.45, 2.75) is 70.7 Å². The van der Waals surface area contributed by atoms with Gasteiger partial charge in [-0.05, 0) is 58.6 Å². The highest BCUT2D eigenvalue weighted by Gasteiger charge is 2.35. The molecule has 1 atom stereocenters. The molecular weight excluding hydrogens is 380 g/mol. The van der Waals surface area contributed by atoms with E-state index >= 15 is 0 Å². The third kappa shape index (κ3) is 3.35. The van der Waals surface area contributed by atoms with E-state index in [9.17, 15) is 9.90 Å². The van der Waals surface area contributed by atoms with Crippen LogP contribution in [0.5, 0.6) is 5.75 Å². The van der Waals surface area contributed by atoms with Crippen molar-refractivity contribution in [2.24, 2.45) is 0 Å². The van der Waals surface area contributed by atoms with Gasteiger partial charge >= 0.3 is 6.09 Å². The molecule has 160 valence electrons. The summed E-state index contributed by atoms with van der Waals surface area (Å²) in [5, 5.41) is 14.4. The zero-order valence-corrected chi connectivity index (χ0v) is 17.9. The molecule has 3 aliphatic rings. The van der Waals surface area contributed by atoms with Crippen LogP contribution in [0.2, 0.25) is 0 Å². The topological polar surface area (TPSA) is 70.8 Å². The van der Waals surface area contributed by atoms with Crippen molar-refractivity contribution in [1.82, 2.24) is 14.7 Å². The highest BCUT2D eigenvalue weighted by atomic mass is 16.5. The second-order valence-corrected chi connectivity index (χ2v) is 9.21. The zero-order chi connectivity index (χ0) is 21.0. The zero-order valence-electron chi connectivity index (χ0n) is 17.9. The van der Waals surface area contributed by atoms with Crippen molar-refractivity contribution in [3.05, 3.63) is 30.1 Å². The van der Waals surface area contributed by atoms with Gasteiger partial charge in [0, 0.05) is 48.1 Å². The Morgan fingerprint density at radius 2 is 2.00 bits per heavy atom. The van der Waals surface area contributed by atoms with Crippen LogP contribution in [-0.2, 0) is 6.42 Å². The molecule has 7 heteroatoms. The average molecular weight is 411 g/mol. The van der Waals surface area contributed by atoms with Gasteiger partial charge in [-0.3, -0.25) is 14.5 Å². The van der Waals surface area contributed by atoms with Crippen LogP contribution in [0, 0.1) is 0 Å². The first kappa shape index (κ1) is 19.4. The van der Waals surface area contributed by atoms with Crippen molar-refractivity contribution < 1.29 is 14.6 Å². The number of aromatic nitrogens is 2. The van der Waals surface area contributed by atoms with E-state index in [1.54, 1.807) is 0 Å². The van der Waals surface area contributed by atoms with E-state index in [-0.39, 0.29) is 12.1 Å². The average Bonchev–Trinajstić information content (AvgIpc) is 3.40. The summed E-state index contributed by atoms with van der Waals surface area (Å²) in [7, 11) is 0. The van der Waals surface area contributed by atoms with E-state index in [2.05, 4.69) is 30.0 Å². The third-order valence-corrected chi connectivity index (χ3v) is 6.68. The van der Waals surface area contributed by atoms with Crippen LogP contribution in [-0.4, -0.2) is 57.2 Å². The monoisotopic (exact) mass is 410 g/mol. The van der Waals surface area contributed by atoms with Crippen molar-refractivity contribution in [3.63, 3.8) is 0 Å². The molecule has 5 rings (SSSR count). The second-order valence-electron chi connectivity index (χ2n) is 9.21. The number of carboxylic acid groups (broad SMARTS) is 1. The summed E-state index contributed by atoms with van der Waals surface area (Å²) in [4.78, 5) is 15.8. The van der Waals surface area contributed by atoms with Gasteiger partial charge in [-0.15, -0.1) is 0 Å². The Labute approximate surface area is 177 Å². The molecule has 2 aliphatic heterocycles. The normalized spacial score (nSPS) is 22.1. The molecular formula is C23H30N4O3. The number of benzene rings is 1. The van der Waals surface area contributed by atoms with Crippen molar-refractivity contribution in [3.8, 4) is 16.9 Å². The molecule has 2 aromatic rings. The van der Waals surface area contributed by atoms with Gasteiger partial charge in [0.25, 0.3) is 0 Å². The summed E-state index contributed by atoms with van der Waals surface area (Å²) in [6, 6.07) is 4.95. The Morgan fingerprint density at radius 1 is 1.23 bits per heavy atom. The maximum absolute atomic E-state index is 12.0. The Bertz CT molecular complexity index is 959. The predicted octanol–water partition coefficient (Wildman–Crippen LogP) is 4.18. The van der Waals surface area contributed by atoms with Crippen LogP contribution >= 0.6 is 0 Å². The SMILES string of the molecule is CC(C)N1CC(Oc2c(-c3cnn(C4CC4)c3)ccc3c2CCC(C)N3C(=O)O)C1. The molecule has 0 spiro atoms. The van der Waals surface area contributed by atoms with E-state index in [4.69, 9.17) is 4.74 Å². The number of nitrogens with zero attached hydrogens (tertiary/aromatic N) is 4. The van der Waals surface area contributed by atoms with Gasteiger partial charge in [-0.1, -0.05) is 0 Å². The Hall–Kier alpha value is -2.54. The summed E-state index contributed by atoms with van der Waals surface area (Å²) < 4.78 is 8.61. The highest BCUT2D eigenvalue weighted by Crippen LogP contribution is 2.44. The highest BCUT2D eigenvalue weighted by molar-refractivity contribution is 5.91. The minimum absolute atomic E-state index is 0.0357. The van der Waals surface area contributed by atoms with Gasteiger partial charge in [0.05, 0.1) is 17.9 Å². The number of carbonyl (C=O) groups is 1. The lowest BCUT2D eigenvalue weighted by Crippen LogP contribution is -2.56. The third-order valence-electron chi connectivity index (χ3n) is 6.68. The lowest BCUT2D eigenvalue weighted by atomic mass is 9.92. The largest absolute Gasteiger partial charge is 0.487 e. The molecule has 1 saturated carbocycles. The van der Waals surface area contributed by atoms with Crippen LogP contribution in [0.1, 0.15) is 51.6 Å². The van der Waals surface area contributed by atoms with Crippen molar-refractivity contribution in [1.29, 1.82) is 0 Å². The Kier molecular flexibility index (Phi) is 4.73. The lowest BCUT2D eigenvalue weighted by Gasteiger charge is -2.43. The second kappa shape index (κ2) is 7.30. The quantitative estimate of drug-likeness (QED) is 0.801.